The van der Waals surface area contributed by atoms with Crippen LogP contribution in [0.25, 0.3) is 11.4 Å². The van der Waals surface area contributed by atoms with Gasteiger partial charge in [-0.05, 0) is 42.2 Å². The lowest BCUT2D eigenvalue weighted by atomic mass is 9.73. The Kier molecular flexibility index (Phi) is 5.16. The molecule has 1 atom stereocenters. The zero-order chi connectivity index (χ0) is 23.3. The molecule has 0 radical (unpaired) electrons. The van der Waals surface area contributed by atoms with Gasteiger partial charge in [0.05, 0.1) is 14.2 Å². The van der Waals surface area contributed by atoms with Crippen LogP contribution in [0.15, 0.2) is 53.7 Å². The van der Waals surface area contributed by atoms with E-state index in [0.717, 1.165) is 23.2 Å². The quantitative estimate of drug-likeness (QED) is 0.566. The van der Waals surface area contributed by atoms with E-state index in [1.54, 1.807) is 18.9 Å². The van der Waals surface area contributed by atoms with Crippen LogP contribution in [0, 0.1) is 5.41 Å². The van der Waals surface area contributed by atoms with E-state index in [0.29, 0.717) is 40.3 Å². The van der Waals surface area contributed by atoms with E-state index in [1.807, 2.05) is 42.5 Å². The number of hydrogen-bond donors (Lipinski definition) is 1. The summed E-state index contributed by atoms with van der Waals surface area (Å²) in [5, 5.41) is 8.86. The highest BCUT2D eigenvalue weighted by Gasteiger charge is 2.43. The number of ether oxygens (including phenoxy) is 2. The molecule has 2 aliphatic rings. The molecular formula is C25H25ClN4O3. The van der Waals surface area contributed by atoms with E-state index in [2.05, 4.69) is 19.2 Å². The van der Waals surface area contributed by atoms with Crippen molar-refractivity contribution < 1.29 is 14.3 Å². The Morgan fingerprint density at radius 1 is 1.09 bits per heavy atom. The first-order valence-corrected chi connectivity index (χ1v) is 11.2. The van der Waals surface area contributed by atoms with Gasteiger partial charge in [-0.3, -0.25) is 4.79 Å². The van der Waals surface area contributed by atoms with Gasteiger partial charge in [0.25, 0.3) is 0 Å². The van der Waals surface area contributed by atoms with Crippen LogP contribution >= 0.6 is 11.6 Å². The number of Topliss-reactive ketones (excluding diaryl/α,β-unsaturated/α-hetero) is 1. The first kappa shape index (κ1) is 21.5. The van der Waals surface area contributed by atoms with Gasteiger partial charge in [0.1, 0.15) is 6.04 Å². The Labute approximate surface area is 197 Å². The molecule has 1 aliphatic carbocycles. The summed E-state index contributed by atoms with van der Waals surface area (Å²) >= 11 is 6.06. The van der Waals surface area contributed by atoms with Crippen LogP contribution in [0.1, 0.15) is 38.3 Å². The number of carbonyl (C=O) groups is 1. The maximum absolute atomic E-state index is 13.5. The number of nitrogens with zero attached hydrogens (tertiary/aromatic N) is 3. The van der Waals surface area contributed by atoms with Gasteiger partial charge in [-0.1, -0.05) is 37.6 Å². The Morgan fingerprint density at radius 2 is 1.85 bits per heavy atom. The number of methoxy groups -OCH3 is 2. The van der Waals surface area contributed by atoms with Gasteiger partial charge in [-0.15, -0.1) is 5.10 Å². The number of ketones is 1. The number of anilines is 1. The van der Waals surface area contributed by atoms with Crippen molar-refractivity contribution in [3.8, 4) is 22.9 Å². The number of allylic oxidation sites excluding steroid dienone is 2. The fraction of sp³-hybridized carbons (Fsp3) is 0.320. The van der Waals surface area contributed by atoms with E-state index < -0.39 is 6.04 Å². The lowest BCUT2D eigenvalue weighted by Crippen LogP contribution is -2.36. The zero-order valence-corrected chi connectivity index (χ0v) is 19.7. The fourth-order valence-electron chi connectivity index (χ4n) is 4.75. The average molecular weight is 465 g/mol. The normalized spacial score (nSPS) is 18.9. The Bertz CT molecular complexity index is 1280. The topological polar surface area (TPSA) is 78.3 Å². The highest BCUT2D eigenvalue weighted by Crippen LogP contribution is 2.48. The number of halogens is 1. The number of carbonyl (C=O) groups excluding carboxylic acids is 1. The molecule has 170 valence electrons. The van der Waals surface area contributed by atoms with E-state index in [-0.39, 0.29) is 11.2 Å². The highest BCUT2D eigenvalue weighted by atomic mass is 35.5. The largest absolute Gasteiger partial charge is 0.493 e. The standard InChI is InChI=1S/C25H25ClN4O3/c1-25(2)12-17-20(18(31)13-25)21(16-6-5-7-19(32-3)22(16)33-4)30-24(27-17)28-23(29-30)14-8-10-15(26)11-9-14/h5-11,21H,12-13H2,1-4H3,(H,27,28,29). The van der Waals surface area contributed by atoms with Crippen molar-refractivity contribution in [1.82, 2.24) is 14.8 Å². The number of rotatable bonds is 4. The number of nitrogens with one attached hydrogen (secondary N) is 1. The zero-order valence-electron chi connectivity index (χ0n) is 19.0. The molecule has 0 amide bonds. The van der Waals surface area contributed by atoms with Gasteiger partial charge in [0.2, 0.25) is 5.95 Å². The van der Waals surface area contributed by atoms with Crippen molar-refractivity contribution in [2.45, 2.75) is 32.7 Å². The van der Waals surface area contributed by atoms with Crippen LogP contribution in [-0.4, -0.2) is 34.8 Å². The molecule has 1 aliphatic heterocycles. The molecule has 7 nitrogen and oxygen atoms in total. The summed E-state index contributed by atoms with van der Waals surface area (Å²) in [6, 6.07) is 12.6. The molecule has 0 spiro atoms. The minimum Gasteiger partial charge on any atom is -0.493 e. The summed E-state index contributed by atoms with van der Waals surface area (Å²) in [6.45, 7) is 4.21. The first-order valence-electron chi connectivity index (χ1n) is 10.8. The lowest BCUT2D eigenvalue weighted by molar-refractivity contribution is -0.118. The third-order valence-electron chi connectivity index (χ3n) is 6.16. The summed E-state index contributed by atoms with van der Waals surface area (Å²) in [5.74, 6) is 2.40. The molecule has 5 rings (SSSR count). The third-order valence-corrected chi connectivity index (χ3v) is 6.41. The molecular weight excluding hydrogens is 440 g/mol. The Hall–Kier alpha value is -3.32. The molecule has 33 heavy (non-hydrogen) atoms. The Morgan fingerprint density at radius 3 is 2.55 bits per heavy atom. The first-order chi connectivity index (χ1) is 15.8. The predicted octanol–water partition coefficient (Wildman–Crippen LogP) is 5.27. The molecule has 1 aromatic heterocycles. The van der Waals surface area contributed by atoms with Crippen molar-refractivity contribution in [2.24, 2.45) is 5.41 Å². The van der Waals surface area contributed by atoms with Crippen LogP contribution in [0.5, 0.6) is 11.5 Å². The van der Waals surface area contributed by atoms with Crippen molar-refractivity contribution in [3.63, 3.8) is 0 Å². The molecule has 8 heteroatoms. The second-order valence-corrected chi connectivity index (χ2v) is 9.59. The van der Waals surface area contributed by atoms with Gasteiger partial charge < -0.3 is 14.8 Å². The molecule has 2 heterocycles. The summed E-state index contributed by atoms with van der Waals surface area (Å²) in [5.41, 5.74) is 3.07. The van der Waals surface area contributed by atoms with E-state index in [1.165, 1.54) is 0 Å². The van der Waals surface area contributed by atoms with Crippen LogP contribution in [-0.2, 0) is 4.79 Å². The number of para-hydroxylation sites is 1. The average Bonchev–Trinajstić information content (AvgIpc) is 3.20. The van der Waals surface area contributed by atoms with E-state index >= 15 is 0 Å². The lowest BCUT2D eigenvalue weighted by Gasteiger charge is -2.38. The van der Waals surface area contributed by atoms with Crippen molar-refractivity contribution in [1.29, 1.82) is 0 Å². The second-order valence-electron chi connectivity index (χ2n) is 9.15. The molecule has 0 saturated carbocycles. The van der Waals surface area contributed by atoms with Crippen molar-refractivity contribution >= 4 is 23.3 Å². The van der Waals surface area contributed by atoms with E-state index in [4.69, 9.17) is 31.2 Å². The molecule has 0 fully saturated rings. The van der Waals surface area contributed by atoms with Crippen LogP contribution in [0.3, 0.4) is 0 Å². The van der Waals surface area contributed by atoms with Crippen LogP contribution in [0.4, 0.5) is 5.95 Å². The van der Waals surface area contributed by atoms with Gasteiger partial charge >= 0.3 is 0 Å². The number of hydrogen-bond acceptors (Lipinski definition) is 6. The summed E-state index contributed by atoms with van der Waals surface area (Å²) < 4.78 is 13.1. The maximum Gasteiger partial charge on any atom is 0.226 e. The molecule has 2 aromatic carbocycles. The van der Waals surface area contributed by atoms with Crippen molar-refractivity contribution in [2.75, 3.05) is 19.5 Å². The molecule has 1 N–H and O–H groups in total. The Balaban J connectivity index is 1.73. The monoisotopic (exact) mass is 464 g/mol. The van der Waals surface area contributed by atoms with E-state index in [9.17, 15) is 4.79 Å². The summed E-state index contributed by atoms with van der Waals surface area (Å²) in [6.07, 6.45) is 1.20. The molecule has 3 aromatic rings. The molecule has 0 saturated heterocycles. The highest BCUT2D eigenvalue weighted by molar-refractivity contribution is 6.30. The van der Waals surface area contributed by atoms with Gasteiger partial charge in [0.15, 0.2) is 23.1 Å². The minimum atomic E-state index is -0.488. The summed E-state index contributed by atoms with van der Waals surface area (Å²) in [7, 11) is 3.20. The fourth-order valence-corrected chi connectivity index (χ4v) is 4.87. The maximum atomic E-state index is 13.5. The van der Waals surface area contributed by atoms with Crippen LogP contribution < -0.4 is 14.8 Å². The second kappa shape index (κ2) is 7.92. The SMILES string of the molecule is COc1cccc(C2C3=C(CC(C)(C)CC3=O)Nc3nc(-c4ccc(Cl)cc4)nn32)c1OC. The molecule has 0 bridgehead atoms. The predicted molar refractivity (Wildman–Crippen MR) is 127 cm³/mol. The van der Waals surface area contributed by atoms with Crippen molar-refractivity contribution in [3.05, 3.63) is 64.3 Å². The number of benzene rings is 2. The number of fused-ring (bicyclic) bond motifs is 1. The van der Waals surface area contributed by atoms with Crippen LogP contribution in [0.2, 0.25) is 5.02 Å². The van der Waals surface area contributed by atoms with Gasteiger partial charge in [-0.25, -0.2) is 4.68 Å². The molecule has 1 unspecified atom stereocenters. The number of aromatic nitrogens is 3. The smallest absolute Gasteiger partial charge is 0.226 e. The van der Waals surface area contributed by atoms with Gasteiger partial charge in [-0.2, -0.15) is 4.98 Å². The minimum absolute atomic E-state index is 0.0952. The third kappa shape index (κ3) is 3.66. The van der Waals surface area contributed by atoms with Gasteiger partial charge in [0, 0.05) is 33.8 Å². The summed E-state index contributed by atoms with van der Waals surface area (Å²) in [4.78, 5) is 18.2.